The van der Waals surface area contributed by atoms with Gasteiger partial charge < -0.3 is 0 Å². The summed E-state index contributed by atoms with van der Waals surface area (Å²) in [5.41, 5.74) is 0.526. The predicted octanol–water partition coefficient (Wildman–Crippen LogP) is 2.99. The van der Waals surface area contributed by atoms with Crippen molar-refractivity contribution in [1.29, 1.82) is 0 Å². The van der Waals surface area contributed by atoms with E-state index in [1.54, 1.807) is 6.07 Å². The molecule has 3 nitrogen and oxygen atoms in total. The lowest BCUT2D eigenvalue weighted by atomic mass is 9.98. The number of Topliss-reactive ketones (excluding diaryl/α,β-unsaturated/α-hetero) is 1. The van der Waals surface area contributed by atoms with Crippen LogP contribution in [0.15, 0.2) is 42.5 Å². The molecule has 1 fully saturated rings. The van der Waals surface area contributed by atoms with E-state index in [1.165, 1.54) is 0 Å². The number of fused-ring (bicyclic) bond motifs is 1. The third-order valence-electron chi connectivity index (χ3n) is 3.93. The molecule has 2 aromatic rings. The summed E-state index contributed by atoms with van der Waals surface area (Å²) in [4.78, 5) is 12.7. The van der Waals surface area contributed by atoms with Crippen LogP contribution in [0.2, 0.25) is 0 Å². The van der Waals surface area contributed by atoms with Crippen molar-refractivity contribution in [2.75, 3.05) is 5.75 Å². The third-order valence-corrected chi connectivity index (χ3v) is 6.10. The second kappa shape index (κ2) is 5.02. The molecule has 1 saturated heterocycles. The molecule has 0 spiro atoms. The molecule has 0 aromatic heterocycles. The molecule has 2 aromatic carbocycles. The molecule has 4 heteroatoms. The Hall–Kier alpha value is -1.68. The van der Waals surface area contributed by atoms with E-state index in [-0.39, 0.29) is 11.5 Å². The van der Waals surface area contributed by atoms with Crippen LogP contribution in [0, 0.1) is 0 Å². The van der Waals surface area contributed by atoms with Gasteiger partial charge in [-0.2, -0.15) is 0 Å². The highest BCUT2D eigenvalue weighted by molar-refractivity contribution is 7.92. The third kappa shape index (κ3) is 2.24. The van der Waals surface area contributed by atoms with Gasteiger partial charge in [0.15, 0.2) is 15.6 Å². The first-order valence-corrected chi connectivity index (χ1v) is 8.55. The van der Waals surface area contributed by atoms with Crippen molar-refractivity contribution in [2.24, 2.45) is 0 Å². The summed E-state index contributed by atoms with van der Waals surface area (Å²) in [7, 11) is -3.29. The van der Waals surface area contributed by atoms with Crippen LogP contribution in [-0.2, 0) is 9.84 Å². The number of hydrogen-bond acceptors (Lipinski definition) is 3. The maximum atomic E-state index is 12.7. The number of carbonyl (C=O) groups excluding carboxylic acids is 1. The standard InChI is InChI=1S/C16H16O3S/c17-16(15-10-3-4-11-20(15,18)19)14-9-5-7-12-6-1-2-8-13(12)14/h1-2,5-9,15H,3-4,10-11H2. The Bertz CT molecular complexity index is 757. The number of benzene rings is 2. The van der Waals surface area contributed by atoms with Gasteiger partial charge in [0.1, 0.15) is 5.25 Å². The summed E-state index contributed by atoms with van der Waals surface area (Å²) in [5, 5.41) is 0.939. The van der Waals surface area contributed by atoms with E-state index in [4.69, 9.17) is 0 Å². The van der Waals surface area contributed by atoms with E-state index in [9.17, 15) is 13.2 Å². The molecule has 0 saturated carbocycles. The minimum absolute atomic E-state index is 0.133. The summed E-state index contributed by atoms with van der Waals surface area (Å²) in [6, 6.07) is 13.1. The molecule has 0 aliphatic carbocycles. The maximum absolute atomic E-state index is 12.7. The van der Waals surface area contributed by atoms with Crippen LogP contribution in [-0.4, -0.2) is 25.2 Å². The van der Waals surface area contributed by atoms with Crippen LogP contribution >= 0.6 is 0 Å². The van der Waals surface area contributed by atoms with Crippen molar-refractivity contribution >= 4 is 26.4 Å². The summed E-state index contributed by atoms with van der Waals surface area (Å²) < 4.78 is 24.2. The molecule has 1 heterocycles. The van der Waals surface area contributed by atoms with Crippen LogP contribution in [0.25, 0.3) is 10.8 Å². The Balaban J connectivity index is 2.09. The Kier molecular flexibility index (Phi) is 3.34. The fourth-order valence-electron chi connectivity index (χ4n) is 2.86. The van der Waals surface area contributed by atoms with Gasteiger partial charge in [-0.25, -0.2) is 8.42 Å². The quantitative estimate of drug-likeness (QED) is 0.798. The van der Waals surface area contributed by atoms with Gasteiger partial charge >= 0.3 is 0 Å². The summed E-state index contributed by atoms with van der Waals surface area (Å²) in [5.74, 6) is -0.116. The monoisotopic (exact) mass is 288 g/mol. The number of hydrogen-bond donors (Lipinski definition) is 0. The number of rotatable bonds is 2. The van der Waals surface area contributed by atoms with Crippen LogP contribution < -0.4 is 0 Å². The molecule has 1 aliphatic rings. The number of carbonyl (C=O) groups is 1. The van der Waals surface area contributed by atoms with Crippen LogP contribution in [0.1, 0.15) is 29.6 Å². The van der Waals surface area contributed by atoms with Gasteiger partial charge in [-0.15, -0.1) is 0 Å². The molecular weight excluding hydrogens is 272 g/mol. The fraction of sp³-hybridized carbons (Fsp3) is 0.312. The highest BCUT2D eigenvalue weighted by atomic mass is 32.2. The first-order valence-electron chi connectivity index (χ1n) is 6.83. The van der Waals surface area contributed by atoms with Crippen LogP contribution in [0.5, 0.6) is 0 Å². The molecule has 0 radical (unpaired) electrons. The van der Waals surface area contributed by atoms with Crippen LogP contribution in [0.4, 0.5) is 0 Å². The SMILES string of the molecule is O=C(c1cccc2ccccc12)C1CCCCS1(=O)=O. The zero-order chi connectivity index (χ0) is 14.2. The first-order chi connectivity index (χ1) is 9.59. The molecule has 1 aliphatic heterocycles. The maximum Gasteiger partial charge on any atom is 0.181 e. The lowest BCUT2D eigenvalue weighted by Gasteiger charge is -2.21. The predicted molar refractivity (Wildman–Crippen MR) is 79.7 cm³/mol. The van der Waals surface area contributed by atoms with Crippen molar-refractivity contribution < 1.29 is 13.2 Å². The molecule has 1 unspecified atom stereocenters. The average molecular weight is 288 g/mol. The van der Waals surface area contributed by atoms with Gasteiger partial charge in [0.05, 0.1) is 5.75 Å². The fourth-order valence-corrected chi connectivity index (χ4v) is 4.73. The van der Waals surface area contributed by atoms with E-state index in [2.05, 4.69) is 0 Å². The highest BCUT2D eigenvalue weighted by Crippen LogP contribution is 2.26. The van der Waals surface area contributed by atoms with Crippen molar-refractivity contribution in [2.45, 2.75) is 24.5 Å². The topological polar surface area (TPSA) is 51.2 Å². The van der Waals surface area contributed by atoms with Crippen molar-refractivity contribution in [3.63, 3.8) is 0 Å². The Morgan fingerprint density at radius 1 is 1.00 bits per heavy atom. The molecule has 0 amide bonds. The van der Waals surface area contributed by atoms with Gasteiger partial charge in [-0.1, -0.05) is 48.9 Å². The zero-order valence-corrected chi connectivity index (χ0v) is 11.9. The Labute approximate surface area is 118 Å². The lowest BCUT2D eigenvalue weighted by Crippen LogP contribution is -2.35. The van der Waals surface area contributed by atoms with Gasteiger partial charge in [0.25, 0.3) is 0 Å². The van der Waals surface area contributed by atoms with E-state index in [0.29, 0.717) is 18.4 Å². The molecule has 20 heavy (non-hydrogen) atoms. The second-order valence-corrected chi connectivity index (χ2v) is 7.55. The largest absolute Gasteiger partial charge is 0.293 e. The Morgan fingerprint density at radius 3 is 2.55 bits per heavy atom. The van der Waals surface area contributed by atoms with Gasteiger partial charge in [0, 0.05) is 5.56 Å². The van der Waals surface area contributed by atoms with Crippen molar-refractivity contribution in [1.82, 2.24) is 0 Å². The molecule has 0 bridgehead atoms. The first kappa shape index (κ1) is 13.3. The summed E-state index contributed by atoms with van der Waals surface area (Å²) in [6.07, 6.45) is 1.92. The van der Waals surface area contributed by atoms with E-state index < -0.39 is 15.1 Å². The van der Waals surface area contributed by atoms with E-state index >= 15 is 0 Å². The van der Waals surface area contributed by atoms with Crippen molar-refractivity contribution in [3.8, 4) is 0 Å². The lowest BCUT2D eigenvalue weighted by molar-refractivity contribution is 0.0983. The zero-order valence-electron chi connectivity index (χ0n) is 11.1. The van der Waals surface area contributed by atoms with E-state index in [1.807, 2.05) is 36.4 Å². The minimum Gasteiger partial charge on any atom is -0.293 e. The van der Waals surface area contributed by atoms with Gasteiger partial charge in [-0.05, 0) is 23.6 Å². The minimum atomic E-state index is -3.29. The molecular formula is C16H16O3S. The smallest absolute Gasteiger partial charge is 0.181 e. The number of sulfone groups is 1. The normalized spacial score (nSPS) is 21.7. The average Bonchev–Trinajstić information content (AvgIpc) is 2.45. The summed E-state index contributed by atoms with van der Waals surface area (Å²) >= 11 is 0. The highest BCUT2D eigenvalue weighted by Gasteiger charge is 2.35. The van der Waals surface area contributed by atoms with E-state index in [0.717, 1.165) is 17.2 Å². The Morgan fingerprint density at radius 2 is 1.75 bits per heavy atom. The van der Waals surface area contributed by atoms with Crippen LogP contribution in [0.3, 0.4) is 0 Å². The molecule has 0 N–H and O–H groups in total. The summed E-state index contributed by atoms with van der Waals surface area (Å²) in [6.45, 7) is 0. The molecule has 3 rings (SSSR count). The molecule has 1 atom stereocenters. The second-order valence-electron chi connectivity index (χ2n) is 5.24. The number of ketones is 1. The van der Waals surface area contributed by atoms with Gasteiger partial charge in [0.2, 0.25) is 0 Å². The van der Waals surface area contributed by atoms with Crippen molar-refractivity contribution in [3.05, 3.63) is 48.0 Å². The molecule has 104 valence electrons. The van der Waals surface area contributed by atoms with Gasteiger partial charge in [-0.3, -0.25) is 4.79 Å².